The lowest BCUT2D eigenvalue weighted by atomic mass is 10.1. The van der Waals surface area contributed by atoms with Crippen molar-refractivity contribution in [2.45, 2.75) is 25.3 Å². The van der Waals surface area contributed by atoms with Crippen molar-refractivity contribution in [3.63, 3.8) is 0 Å². The van der Waals surface area contributed by atoms with E-state index in [1.807, 2.05) is 18.2 Å². The van der Waals surface area contributed by atoms with Crippen LogP contribution in [0.2, 0.25) is 0 Å². The zero-order chi connectivity index (χ0) is 13.4. The number of nitrogen functional groups attached to an aromatic ring is 1. The minimum atomic E-state index is -0.863. The van der Waals surface area contributed by atoms with Gasteiger partial charge in [0, 0.05) is 17.7 Å². The zero-order valence-electron chi connectivity index (χ0n) is 10.3. The second kappa shape index (κ2) is 4.38. The molecule has 0 amide bonds. The van der Waals surface area contributed by atoms with Crippen LogP contribution in [0.1, 0.15) is 24.7 Å². The van der Waals surface area contributed by atoms with Crippen LogP contribution in [0.15, 0.2) is 24.3 Å². The van der Waals surface area contributed by atoms with E-state index in [0.717, 1.165) is 24.2 Å². The Hall–Kier alpha value is -2.37. The largest absolute Gasteiger partial charge is 0.480 e. The first-order chi connectivity index (χ1) is 9.16. The highest BCUT2D eigenvalue weighted by Crippen LogP contribution is 2.28. The Morgan fingerprint density at radius 1 is 1.42 bits per heavy atom. The second-order valence-corrected chi connectivity index (χ2v) is 4.63. The molecular weight excluding hydrogens is 244 g/mol. The molecule has 1 aromatic carbocycles. The maximum absolute atomic E-state index is 11.2. The fraction of sp³-hybridized carbons (Fsp3) is 0.308. The van der Waals surface area contributed by atoms with Crippen LogP contribution in [0.3, 0.4) is 0 Å². The van der Waals surface area contributed by atoms with Crippen molar-refractivity contribution in [1.29, 1.82) is 0 Å². The minimum Gasteiger partial charge on any atom is -0.480 e. The number of carbonyl (C=O) groups is 1. The van der Waals surface area contributed by atoms with Crippen molar-refractivity contribution < 1.29 is 9.90 Å². The number of rotatable bonds is 2. The first-order valence-electron chi connectivity index (χ1n) is 6.20. The maximum Gasteiger partial charge on any atom is 0.328 e. The van der Waals surface area contributed by atoms with E-state index in [2.05, 4.69) is 10.1 Å². The summed E-state index contributed by atoms with van der Waals surface area (Å²) >= 11 is 0. The molecule has 1 unspecified atom stereocenters. The van der Waals surface area contributed by atoms with Gasteiger partial charge in [0.05, 0.1) is 0 Å². The van der Waals surface area contributed by atoms with Gasteiger partial charge in [0.2, 0.25) is 0 Å². The number of nitrogens with two attached hydrogens (primary N) is 1. The van der Waals surface area contributed by atoms with E-state index in [1.165, 1.54) is 4.68 Å². The number of anilines is 1. The predicted molar refractivity (Wildman–Crippen MR) is 69.5 cm³/mol. The Balaban J connectivity index is 2.07. The molecule has 6 nitrogen and oxygen atoms in total. The molecule has 1 aliphatic heterocycles. The number of aliphatic carboxylic acids is 1. The van der Waals surface area contributed by atoms with Gasteiger partial charge < -0.3 is 10.8 Å². The van der Waals surface area contributed by atoms with Gasteiger partial charge in [-0.3, -0.25) is 0 Å². The fourth-order valence-corrected chi connectivity index (χ4v) is 2.39. The molecule has 0 bridgehead atoms. The molecule has 0 aliphatic carbocycles. The molecule has 6 heteroatoms. The predicted octanol–water partition coefficient (Wildman–Crippen LogP) is 1.49. The Kier molecular flexibility index (Phi) is 2.70. The van der Waals surface area contributed by atoms with Gasteiger partial charge in [-0.1, -0.05) is 12.1 Å². The smallest absolute Gasteiger partial charge is 0.328 e. The first-order valence-corrected chi connectivity index (χ1v) is 6.20. The van der Waals surface area contributed by atoms with Gasteiger partial charge in [0.15, 0.2) is 11.9 Å². The third-order valence-corrected chi connectivity index (χ3v) is 3.36. The van der Waals surface area contributed by atoms with E-state index in [-0.39, 0.29) is 0 Å². The molecule has 2 heterocycles. The molecule has 19 heavy (non-hydrogen) atoms. The van der Waals surface area contributed by atoms with Gasteiger partial charge in [-0.05, 0) is 25.0 Å². The topological polar surface area (TPSA) is 94.0 Å². The SMILES string of the molecule is Nc1ccccc1-c1nc2n(n1)C(C(=O)O)CCC2. The fourth-order valence-electron chi connectivity index (χ4n) is 2.39. The maximum atomic E-state index is 11.2. The van der Waals surface area contributed by atoms with Crippen LogP contribution in [0.4, 0.5) is 5.69 Å². The van der Waals surface area contributed by atoms with Gasteiger partial charge in [-0.2, -0.15) is 0 Å². The van der Waals surface area contributed by atoms with Gasteiger partial charge in [-0.25, -0.2) is 14.5 Å². The summed E-state index contributed by atoms with van der Waals surface area (Å²) in [5.41, 5.74) is 7.24. The van der Waals surface area contributed by atoms with Crippen molar-refractivity contribution in [3.05, 3.63) is 30.1 Å². The van der Waals surface area contributed by atoms with Crippen molar-refractivity contribution in [1.82, 2.24) is 14.8 Å². The van der Waals surface area contributed by atoms with Gasteiger partial charge in [0.1, 0.15) is 5.82 Å². The molecule has 1 aliphatic rings. The van der Waals surface area contributed by atoms with Crippen molar-refractivity contribution in [3.8, 4) is 11.4 Å². The Morgan fingerprint density at radius 2 is 2.21 bits per heavy atom. The summed E-state index contributed by atoms with van der Waals surface area (Å²) in [5, 5.41) is 13.5. The number of aryl methyl sites for hydroxylation is 1. The highest BCUT2D eigenvalue weighted by Gasteiger charge is 2.28. The van der Waals surface area contributed by atoms with E-state index in [9.17, 15) is 9.90 Å². The molecule has 0 saturated carbocycles. The van der Waals surface area contributed by atoms with Crippen LogP contribution in [-0.2, 0) is 11.2 Å². The van der Waals surface area contributed by atoms with E-state index in [1.54, 1.807) is 6.07 Å². The molecule has 0 spiro atoms. The van der Waals surface area contributed by atoms with Crippen LogP contribution >= 0.6 is 0 Å². The molecule has 0 radical (unpaired) electrons. The second-order valence-electron chi connectivity index (χ2n) is 4.63. The van der Waals surface area contributed by atoms with Crippen LogP contribution in [0.25, 0.3) is 11.4 Å². The summed E-state index contributed by atoms with van der Waals surface area (Å²) in [7, 11) is 0. The standard InChI is InChI=1S/C13H14N4O2/c14-9-5-2-1-4-8(9)12-15-11-7-3-6-10(13(18)19)17(11)16-12/h1-2,4-5,10H,3,6-7,14H2,(H,18,19). The van der Waals surface area contributed by atoms with E-state index in [0.29, 0.717) is 17.9 Å². The molecular formula is C13H14N4O2. The third-order valence-electron chi connectivity index (χ3n) is 3.36. The van der Waals surface area contributed by atoms with Gasteiger partial charge in [0.25, 0.3) is 0 Å². The quantitative estimate of drug-likeness (QED) is 0.796. The third kappa shape index (κ3) is 1.95. The molecule has 1 atom stereocenters. The normalized spacial score (nSPS) is 18.0. The molecule has 98 valence electrons. The molecule has 1 aromatic heterocycles. The lowest BCUT2D eigenvalue weighted by molar-refractivity contribution is -0.141. The van der Waals surface area contributed by atoms with E-state index in [4.69, 9.17) is 5.73 Å². The number of benzene rings is 1. The van der Waals surface area contributed by atoms with E-state index < -0.39 is 12.0 Å². The summed E-state index contributed by atoms with van der Waals surface area (Å²) in [6.45, 7) is 0. The molecule has 3 N–H and O–H groups in total. The van der Waals surface area contributed by atoms with Crippen molar-refractivity contribution in [2.24, 2.45) is 0 Å². The summed E-state index contributed by atoms with van der Waals surface area (Å²) in [6.07, 6.45) is 2.16. The lowest BCUT2D eigenvalue weighted by Gasteiger charge is -2.19. The Morgan fingerprint density at radius 3 is 2.95 bits per heavy atom. The number of carboxylic acid groups (broad SMARTS) is 1. The summed E-state index contributed by atoms with van der Waals surface area (Å²) in [4.78, 5) is 15.6. The number of hydrogen-bond acceptors (Lipinski definition) is 4. The number of aromatic nitrogens is 3. The molecule has 0 saturated heterocycles. The lowest BCUT2D eigenvalue weighted by Crippen LogP contribution is -2.25. The molecule has 0 fully saturated rings. The number of nitrogens with zero attached hydrogens (tertiary/aromatic N) is 3. The van der Waals surface area contributed by atoms with Gasteiger partial charge in [-0.15, -0.1) is 5.10 Å². The Bertz CT molecular complexity index is 635. The average molecular weight is 258 g/mol. The minimum absolute atomic E-state index is 0.501. The summed E-state index contributed by atoms with van der Waals surface area (Å²) < 4.78 is 1.52. The van der Waals surface area contributed by atoms with Crippen LogP contribution in [-0.4, -0.2) is 25.8 Å². The Labute approximate surface area is 109 Å². The summed E-state index contributed by atoms with van der Waals surface area (Å²) in [5.74, 6) is 0.358. The van der Waals surface area contributed by atoms with Gasteiger partial charge >= 0.3 is 5.97 Å². The number of fused-ring (bicyclic) bond motifs is 1. The van der Waals surface area contributed by atoms with Crippen molar-refractivity contribution >= 4 is 11.7 Å². The average Bonchev–Trinajstić information content (AvgIpc) is 2.82. The van der Waals surface area contributed by atoms with Crippen LogP contribution in [0.5, 0.6) is 0 Å². The van der Waals surface area contributed by atoms with E-state index >= 15 is 0 Å². The molecule has 2 aromatic rings. The van der Waals surface area contributed by atoms with Crippen LogP contribution in [0, 0.1) is 0 Å². The number of para-hydroxylation sites is 1. The van der Waals surface area contributed by atoms with Crippen LogP contribution < -0.4 is 5.73 Å². The monoisotopic (exact) mass is 258 g/mol. The first kappa shape index (κ1) is 11.7. The molecule has 3 rings (SSSR count). The zero-order valence-corrected chi connectivity index (χ0v) is 10.3. The summed E-state index contributed by atoms with van der Waals surface area (Å²) in [6, 6.07) is 6.71. The number of hydrogen-bond donors (Lipinski definition) is 2. The number of carboxylic acids is 1. The highest BCUT2D eigenvalue weighted by molar-refractivity contribution is 5.73. The van der Waals surface area contributed by atoms with Crippen molar-refractivity contribution in [2.75, 3.05) is 5.73 Å². The highest BCUT2D eigenvalue weighted by atomic mass is 16.4.